The van der Waals surface area contributed by atoms with Gasteiger partial charge in [0.2, 0.25) is 0 Å². The highest BCUT2D eigenvalue weighted by atomic mass is 19.1. The fraction of sp³-hybridized carbons (Fsp3) is 0.464. The molecule has 9 nitrogen and oxygen atoms in total. The van der Waals surface area contributed by atoms with Gasteiger partial charge in [-0.15, -0.1) is 0 Å². The first kappa shape index (κ1) is 26.0. The fourth-order valence-electron chi connectivity index (χ4n) is 6.05. The number of rotatable bonds is 5. The normalized spacial score (nSPS) is 22.1. The molecule has 202 valence electrons. The van der Waals surface area contributed by atoms with E-state index in [4.69, 9.17) is 14.5 Å². The van der Waals surface area contributed by atoms with Crippen molar-refractivity contribution in [3.8, 4) is 5.75 Å². The number of fused-ring (bicyclic) bond motifs is 3. The number of amides is 1. The number of aliphatic hydroxyl groups is 1. The molecule has 3 aromatic rings. The molecule has 1 aromatic heterocycles. The Kier molecular flexibility index (Phi) is 7.00. The summed E-state index contributed by atoms with van der Waals surface area (Å²) in [5, 5.41) is 21.3. The van der Waals surface area contributed by atoms with E-state index in [1.165, 1.54) is 32.4 Å². The maximum Gasteiger partial charge on any atom is 0.414 e. The Hall–Kier alpha value is -3.66. The van der Waals surface area contributed by atoms with E-state index in [2.05, 4.69) is 0 Å². The number of ether oxygens (including phenoxy) is 2. The predicted octanol–water partition coefficient (Wildman–Crippen LogP) is 4.99. The zero-order valence-corrected chi connectivity index (χ0v) is 21.7. The molecule has 0 spiro atoms. The first-order chi connectivity index (χ1) is 18.2. The summed E-state index contributed by atoms with van der Waals surface area (Å²) < 4.78 is 26.6. The van der Waals surface area contributed by atoms with E-state index in [1.54, 1.807) is 4.90 Å². The lowest BCUT2D eigenvalue weighted by Crippen LogP contribution is -2.42. The SMILES string of the molecule is COC(=O)N1c2ccc3c(nc([C@H](O)c4cc(F)ccc4OC)n3C3CCC[C@@H](C(=O)O)C3)c2CC[C@@H]1C. The summed E-state index contributed by atoms with van der Waals surface area (Å²) in [6.45, 7) is 1.96. The first-order valence-corrected chi connectivity index (χ1v) is 12.9. The number of carboxylic acids is 1. The second-order valence-corrected chi connectivity index (χ2v) is 10.1. The van der Waals surface area contributed by atoms with Crippen molar-refractivity contribution in [3.05, 3.63) is 53.1 Å². The summed E-state index contributed by atoms with van der Waals surface area (Å²) >= 11 is 0. The number of imidazole rings is 1. The third-order valence-electron chi connectivity index (χ3n) is 7.94. The minimum absolute atomic E-state index is 0.0641. The lowest BCUT2D eigenvalue weighted by molar-refractivity contribution is -0.143. The summed E-state index contributed by atoms with van der Waals surface area (Å²) in [7, 11) is 2.79. The Morgan fingerprint density at radius 2 is 1.95 bits per heavy atom. The minimum Gasteiger partial charge on any atom is -0.496 e. The van der Waals surface area contributed by atoms with Gasteiger partial charge in [0.25, 0.3) is 0 Å². The minimum atomic E-state index is -1.33. The van der Waals surface area contributed by atoms with E-state index in [9.17, 15) is 24.2 Å². The molecule has 2 heterocycles. The maximum absolute atomic E-state index is 14.3. The smallest absolute Gasteiger partial charge is 0.414 e. The number of hydrogen-bond donors (Lipinski definition) is 2. The van der Waals surface area contributed by atoms with Crippen LogP contribution in [-0.4, -0.2) is 52.1 Å². The Labute approximate surface area is 219 Å². The number of methoxy groups -OCH3 is 2. The molecule has 5 rings (SSSR count). The Balaban J connectivity index is 1.72. The third kappa shape index (κ3) is 4.36. The average molecular weight is 526 g/mol. The van der Waals surface area contributed by atoms with Crippen molar-refractivity contribution in [2.24, 2.45) is 5.92 Å². The monoisotopic (exact) mass is 525 g/mol. The molecule has 0 saturated heterocycles. The van der Waals surface area contributed by atoms with Crippen molar-refractivity contribution >= 4 is 28.8 Å². The van der Waals surface area contributed by atoms with Crippen molar-refractivity contribution in [1.29, 1.82) is 0 Å². The first-order valence-electron chi connectivity index (χ1n) is 12.9. The van der Waals surface area contributed by atoms with Gasteiger partial charge in [-0.1, -0.05) is 6.42 Å². The van der Waals surface area contributed by atoms with Crippen LogP contribution in [-0.2, 0) is 16.0 Å². The lowest BCUT2D eigenvalue weighted by Gasteiger charge is -2.34. The molecule has 1 unspecified atom stereocenters. The molecule has 38 heavy (non-hydrogen) atoms. The summed E-state index contributed by atoms with van der Waals surface area (Å²) in [5.74, 6) is -1.26. The van der Waals surface area contributed by atoms with Gasteiger partial charge in [0.05, 0.1) is 36.9 Å². The summed E-state index contributed by atoms with van der Waals surface area (Å²) in [4.78, 5) is 31.0. The average Bonchev–Trinajstić information content (AvgIpc) is 3.32. The number of aromatic nitrogens is 2. The molecular formula is C28H32FN3O6. The second-order valence-electron chi connectivity index (χ2n) is 10.1. The van der Waals surface area contributed by atoms with Crippen LogP contribution in [0.3, 0.4) is 0 Å². The molecule has 0 radical (unpaired) electrons. The maximum atomic E-state index is 14.3. The molecule has 4 atom stereocenters. The van der Waals surface area contributed by atoms with E-state index in [0.29, 0.717) is 42.6 Å². The fourth-order valence-corrected chi connectivity index (χ4v) is 6.05. The van der Waals surface area contributed by atoms with Crippen molar-refractivity contribution in [1.82, 2.24) is 9.55 Å². The molecule has 1 aliphatic carbocycles. The van der Waals surface area contributed by atoms with Crippen molar-refractivity contribution in [3.63, 3.8) is 0 Å². The van der Waals surface area contributed by atoms with Gasteiger partial charge in [-0.05, 0) is 69.4 Å². The molecule has 2 N–H and O–H groups in total. The Morgan fingerprint density at radius 3 is 2.66 bits per heavy atom. The van der Waals surface area contributed by atoms with Crippen molar-refractivity contribution in [2.45, 2.75) is 63.6 Å². The van der Waals surface area contributed by atoms with Crippen LogP contribution in [0.25, 0.3) is 11.0 Å². The molecule has 1 aliphatic heterocycles. The zero-order chi connectivity index (χ0) is 27.1. The van der Waals surface area contributed by atoms with Gasteiger partial charge in [0, 0.05) is 23.2 Å². The Morgan fingerprint density at radius 1 is 1.16 bits per heavy atom. The number of aryl methyl sites for hydroxylation is 1. The van der Waals surface area contributed by atoms with Gasteiger partial charge >= 0.3 is 12.1 Å². The van der Waals surface area contributed by atoms with E-state index < -0.39 is 29.9 Å². The van der Waals surface area contributed by atoms with Crippen LogP contribution in [0.4, 0.5) is 14.9 Å². The predicted molar refractivity (Wildman–Crippen MR) is 138 cm³/mol. The number of anilines is 1. The van der Waals surface area contributed by atoms with Crippen LogP contribution in [0.5, 0.6) is 5.75 Å². The summed E-state index contributed by atoms with van der Waals surface area (Å²) in [6, 6.07) is 7.37. The number of halogens is 1. The summed E-state index contributed by atoms with van der Waals surface area (Å²) in [6.07, 6.45) is 2.01. The van der Waals surface area contributed by atoms with Gasteiger partial charge in [0.15, 0.2) is 0 Å². The van der Waals surface area contributed by atoms with Gasteiger partial charge in [-0.25, -0.2) is 14.2 Å². The highest BCUT2D eigenvalue weighted by Gasteiger charge is 2.36. The van der Waals surface area contributed by atoms with Crippen LogP contribution in [0.15, 0.2) is 30.3 Å². The largest absolute Gasteiger partial charge is 0.496 e. The highest BCUT2D eigenvalue weighted by molar-refractivity contribution is 5.95. The lowest BCUT2D eigenvalue weighted by atomic mass is 9.85. The molecule has 1 saturated carbocycles. The molecule has 1 fully saturated rings. The zero-order valence-electron chi connectivity index (χ0n) is 21.7. The van der Waals surface area contributed by atoms with E-state index >= 15 is 0 Å². The van der Waals surface area contributed by atoms with Crippen LogP contribution < -0.4 is 9.64 Å². The van der Waals surface area contributed by atoms with Crippen molar-refractivity contribution in [2.75, 3.05) is 19.1 Å². The van der Waals surface area contributed by atoms with Gasteiger partial charge in [-0.3, -0.25) is 9.69 Å². The van der Waals surface area contributed by atoms with Crippen LogP contribution in [0.2, 0.25) is 0 Å². The molecule has 10 heteroatoms. The quantitative estimate of drug-likeness (QED) is 0.482. The van der Waals surface area contributed by atoms with E-state index in [-0.39, 0.29) is 23.5 Å². The number of carbonyl (C=O) groups is 2. The van der Waals surface area contributed by atoms with Gasteiger partial charge in [0.1, 0.15) is 23.5 Å². The highest BCUT2D eigenvalue weighted by Crippen LogP contribution is 2.43. The number of aliphatic carboxylic acids is 1. The van der Waals surface area contributed by atoms with E-state index in [0.717, 1.165) is 23.9 Å². The number of hydrogen-bond acceptors (Lipinski definition) is 6. The molecule has 0 bridgehead atoms. The topological polar surface area (TPSA) is 114 Å². The standard InChI is InChI=1S/C28H32FN3O6/c1-15-7-9-19-21(31(15)28(36)38-3)10-11-22-24(19)30-26(25(33)20-14-17(29)8-12-23(20)37-2)32(22)18-6-4-5-16(13-18)27(34)35/h8,10-12,14-16,18,25,33H,4-7,9,13H2,1-3H3,(H,34,35)/t15-,16+,18?,25+/m0/s1. The number of carbonyl (C=O) groups excluding carboxylic acids is 1. The van der Waals surface area contributed by atoms with E-state index in [1.807, 2.05) is 23.6 Å². The van der Waals surface area contributed by atoms with Crippen molar-refractivity contribution < 1.29 is 33.7 Å². The Bertz CT molecular complexity index is 1390. The van der Waals surface area contributed by atoms with Gasteiger partial charge in [-0.2, -0.15) is 0 Å². The number of nitrogens with zero attached hydrogens (tertiary/aromatic N) is 3. The van der Waals surface area contributed by atoms with Crippen LogP contribution >= 0.6 is 0 Å². The third-order valence-corrected chi connectivity index (χ3v) is 7.94. The molecule has 1 amide bonds. The van der Waals surface area contributed by atoms with Crippen LogP contribution in [0.1, 0.15) is 68.1 Å². The number of aliphatic hydroxyl groups excluding tert-OH is 1. The molecular weight excluding hydrogens is 493 g/mol. The second kappa shape index (κ2) is 10.2. The van der Waals surface area contributed by atoms with Crippen LogP contribution in [0, 0.1) is 11.7 Å². The molecule has 2 aliphatic rings. The van der Waals surface area contributed by atoms with Gasteiger partial charge < -0.3 is 24.3 Å². The number of carboxylic acid groups (broad SMARTS) is 1. The number of benzene rings is 2. The summed E-state index contributed by atoms with van der Waals surface area (Å²) in [5.41, 5.74) is 3.15. The molecule has 2 aromatic carbocycles.